The molecule has 1 aliphatic rings. The number of anilines is 1. The van der Waals surface area contributed by atoms with Crippen molar-refractivity contribution in [1.82, 2.24) is 19.7 Å². The lowest BCUT2D eigenvalue weighted by Gasteiger charge is -2.36. The topological polar surface area (TPSA) is 72.7 Å². The zero-order valence-electron chi connectivity index (χ0n) is 17.9. The van der Waals surface area contributed by atoms with Crippen molar-refractivity contribution >= 4 is 22.6 Å². The zero-order chi connectivity index (χ0) is 21.3. The van der Waals surface area contributed by atoms with Gasteiger partial charge in [0.2, 0.25) is 5.88 Å². The van der Waals surface area contributed by atoms with Gasteiger partial charge in [0.05, 0.1) is 12.5 Å². The molecule has 0 spiro atoms. The molecule has 1 aromatic carbocycles. The number of pyridine rings is 1. The first-order valence-corrected chi connectivity index (χ1v) is 10.1. The molecular formula is C22H27N5O3. The molecule has 0 aliphatic carbocycles. The average molecular weight is 409 g/mol. The molecule has 1 amide bonds. The van der Waals surface area contributed by atoms with E-state index in [1.165, 1.54) is 0 Å². The van der Waals surface area contributed by atoms with Crippen LogP contribution in [0.3, 0.4) is 0 Å². The number of fused-ring (bicyclic) bond motifs is 1. The molecule has 1 aliphatic heterocycles. The number of carbonyl (C=O) groups is 1. The first-order chi connectivity index (χ1) is 14.5. The first-order valence-electron chi connectivity index (χ1n) is 10.1. The lowest BCUT2D eigenvalue weighted by atomic mass is 10.2. The Labute approximate surface area is 176 Å². The van der Waals surface area contributed by atoms with Gasteiger partial charge < -0.3 is 19.3 Å². The Morgan fingerprint density at radius 1 is 1.13 bits per heavy atom. The predicted octanol–water partition coefficient (Wildman–Crippen LogP) is 2.32. The van der Waals surface area contributed by atoms with Crippen LogP contribution in [0.1, 0.15) is 11.3 Å². The molecule has 0 bridgehead atoms. The first kappa shape index (κ1) is 20.0. The summed E-state index contributed by atoms with van der Waals surface area (Å²) in [7, 11) is 3.50. The summed E-state index contributed by atoms with van der Waals surface area (Å²) in [5, 5.41) is 5.28. The highest BCUT2D eigenvalue weighted by molar-refractivity contribution is 5.85. The Morgan fingerprint density at radius 2 is 1.90 bits per heavy atom. The summed E-state index contributed by atoms with van der Waals surface area (Å²) in [6, 6.07) is 9.99. The Balaban J connectivity index is 1.37. The number of rotatable bonds is 5. The maximum Gasteiger partial charge on any atom is 0.260 e. The van der Waals surface area contributed by atoms with Gasteiger partial charge >= 0.3 is 0 Å². The Kier molecular flexibility index (Phi) is 5.48. The summed E-state index contributed by atoms with van der Waals surface area (Å²) >= 11 is 0. The summed E-state index contributed by atoms with van der Waals surface area (Å²) in [6.07, 6.45) is 0. The maximum absolute atomic E-state index is 12.7. The Hall–Kier alpha value is -3.29. The Bertz CT molecular complexity index is 1070. The molecule has 2 aromatic heterocycles. The second kappa shape index (κ2) is 8.22. The molecule has 158 valence electrons. The molecule has 0 atom stereocenters. The number of piperazine rings is 1. The number of amides is 1. The molecule has 0 N–H and O–H groups in total. The fourth-order valence-electron chi connectivity index (χ4n) is 3.89. The fraction of sp³-hybridized carbons (Fsp3) is 0.409. The third-order valence-electron chi connectivity index (χ3n) is 5.47. The molecule has 3 heterocycles. The van der Waals surface area contributed by atoms with Crippen LogP contribution in [0.25, 0.3) is 11.0 Å². The molecule has 3 aromatic rings. The van der Waals surface area contributed by atoms with Crippen LogP contribution in [0.2, 0.25) is 0 Å². The maximum atomic E-state index is 12.7. The minimum absolute atomic E-state index is 0.0292. The van der Waals surface area contributed by atoms with Crippen molar-refractivity contribution in [2.75, 3.05) is 44.8 Å². The van der Waals surface area contributed by atoms with Crippen LogP contribution >= 0.6 is 0 Å². The monoisotopic (exact) mass is 409 g/mol. The number of benzene rings is 1. The molecule has 8 heteroatoms. The lowest BCUT2D eigenvalue weighted by Crippen LogP contribution is -2.50. The van der Waals surface area contributed by atoms with Gasteiger partial charge in [-0.25, -0.2) is 9.67 Å². The van der Waals surface area contributed by atoms with Crippen LogP contribution < -0.4 is 14.4 Å². The number of hydrogen-bond acceptors (Lipinski definition) is 6. The fourth-order valence-corrected chi connectivity index (χ4v) is 3.89. The highest BCUT2D eigenvalue weighted by atomic mass is 16.5. The van der Waals surface area contributed by atoms with Crippen LogP contribution in [-0.4, -0.2) is 65.5 Å². The van der Waals surface area contributed by atoms with E-state index in [0.717, 1.165) is 46.8 Å². The van der Waals surface area contributed by atoms with Crippen LogP contribution in [0.15, 0.2) is 30.3 Å². The molecule has 1 fully saturated rings. The van der Waals surface area contributed by atoms with E-state index in [9.17, 15) is 4.79 Å². The quantitative estimate of drug-likeness (QED) is 0.644. The second-order valence-corrected chi connectivity index (χ2v) is 7.57. The minimum Gasteiger partial charge on any atom is -0.497 e. The largest absolute Gasteiger partial charge is 0.497 e. The van der Waals surface area contributed by atoms with Gasteiger partial charge in [-0.05, 0) is 37.6 Å². The van der Waals surface area contributed by atoms with Crippen molar-refractivity contribution in [2.45, 2.75) is 13.8 Å². The van der Waals surface area contributed by atoms with E-state index in [1.54, 1.807) is 11.8 Å². The van der Waals surface area contributed by atoms with Crippen molar-refractivity contribution in [3.05, 3.63) is 41.6 Å². The number of methoxy groups -OCH3 is 1. The van der Waals surface area contributed by atoms with Crippen LogP contribution in [0.5, 0.6) is 11.6 Å². The van der Waals surface area contributed by atoms with Crippen molar-refractivity contribution in [1.29, 1.82) is 0 Å². The number of nitrogens with zero attached hydrogens (tertiary/aromatic N) is 5. The number of aromatic nitrogens is 3. The number of ether oxygens (including phenoxy) is 2. The predicted molar refractivity (Wildman–Crippen MR) is 115 cm³/mol. The van der Waals surface area contributed by atoms with E-state index >= 15 is 0 Å². The third kappa shape index (κ3) is 3.90. The van der Waals surface area contributed by atoms with Crippen LogP contribution in [0, 0.1) is 13.8 Å². The summed E-state index contributed by atoms with van der Waals surface area (Å²) in [5.74, 6) is 1.26. The second-order valence-electron chi connectivity index (χ2n) is 7.57. The van der Waals surface area contributed by atoms with Crippen molar-refractivity contribution in [3.8, 4) is 11.6 Å². The average Bonchev–Trinajstić information content (AvgIpc) is 3.08. The standard InChI is InChI=1S/C22H27N5O3/c1-15-12-16(2)23-21-20(15)22(24-25(21)3)30-14-19(28)27-10-8-26(9-11-27)17-6-5-7-18(13-17)29-4/h5-7,12-13H,8-11,14H2,1-4H3. The number of carbonyl (C=O) groups excluding carboxylic acids is 1. The normalized spacial score (nSPS) is 14.3. The van der Waals surface area contributed by atoms with E-state index in [0.29, 0.717) is 19.0 Å². The van der Waals surface area contributed by atoms with Gasteiger partial charge in [0, 0.05) is 50.7 Å². The zero-order valence-corrected chi connectivity index (χ0v) is 17.9. The summed E-state index contributed by atoms with van der Waals surface area (Å²) in [4.78, 5) is 21.3. The smallest absolute Gasteiger partial charge is 0.260 e. The Morgan fingerprint density at radius 3 is 2.63 bits per heavy atom. The summed E-state index contributed by atoms with van der Waals surface area (Å²) < 4.78 is 12.8. The van der Waals surface area contributed by atoms with Crippen LogP contribution in [-0.2, 0) is 11.8 Å². The lowest BCUT2D eigenvalue weighted by molar-refractivity contribution is -0.133. The van der Waals surface area contributed by atoms with Crippen molar-refractivity contribution in [2.24, 2.45) is 7.05 Å². The molecule has 0 radical (unpaired) electrons. The van der Waals surface area contributed by atoms with Gasteiger partial charge in [-0.1, -0.05) is 6.07 Å². The van der Waals surface area contributed by atoms with Gasteiger partial charge in [-0.15, -0.1) is 5.10 Å². The van der Waals surface area contributed by atoms with Crippen LogP contribution in [0.4, 0.5) is 5.69 Å². The van der Waals surface area contributed by atoms with Gasteiger partial charge in [0.25, 0.3) is 5.91 Å². The van der Waals surface area contributed by atoms with E-state index < -0.39 is 0 Å². The van der Waals surface area contributed by atoms with E-state index in [1.807, 2.05) is 50.1 Å². The minimum atomic E-state index is -0.0307. The SMILES string of the molecule is COc1cccc(N2CCN(C(=O)COc3nn(C)c4nc(C)cc(C)c34)CC2)c1. The van der Waals surface area contributed by atoms with E-state index in [4.69, 9.17) is 9.47 Å². The van der Waals surface area contributed by atoms with Crippen molar-refractivity contribution < 1.29 is 14.3 Å². The van der Waals surface area contributed by atoms with E-state index in [2.05, 4.69) is 21.0 Å². The number of hydrogen-bond donors (Lipinski definition) is 0. The molecule has 8 nitrogen and oxygen atoms in total. The van der Waals surface area contributed by atoms with Gasteiger partial charge in [-0.3, -0.25) is 4.79 Å². The molecule has 4 rings (SSSR count). The molecule has 1 saturated heterocycles. The van der Waals surface area contributed by atoms with Gasteiger partial charge in [0.15, 0.2) is 12.3 Å². The molecular weight excluding hydrogens is 382 g/mol. The number of aryl methyl sites for hydroxylation is 3. The van der Waals surface area contributed by atoms with Crippen molar-refractivity contribution in [3.63, 3.8) is 0 Å². The highest BCUT2D eigenvalue weighted by Gasteiger charge is 2.23. The summed E-state index contributed by atoms with van der Waals surface area (Å²) in [5.41, 5.74) is 3.84. The molecule has 30 heavy (non-hydrogen) atoms. The van der Waals surface area contributed by atoms with Gasteiger partial charge in [0.1, 0.15) is 5.75 Å². The third-order valence-corrected chi connectivity index (χ3v) is 5.47. The molecule has 0 unspecified atom stereocenters. The highest BCUT2D eigenvalue weighted by Crippen LogP contribution is 2.27. The summed E-state index contributed by atoms with van der Waals surface area (Å²) in [6.45, 7) is 6.78. The van der Waals surface area contributed by atoms with Gasteiger partial charge in [-0.2, -0.15) is 0 Å². The van der Waals surface area contributed by atoms with E-state index in [-0.39, 0.29) is 12.5 Å². The molecule has 0 saturated carbocycles.